The largest absolute Gasteiger partial charge is 0.246 e. The van der Waals surface area contributed by atoms with Crippen LogP contribution in [-0.2, 0) is 9.68 Å². The molecule has 0 spiro atoms. The number of hydrogen-bond acceptors (Lipinski definition) is 2. The quantitative estimate of drug-likeness (QED) is 0.0973. The predicted molar refractivity (Wildman–Crippen MR) is 249 cm³/mol. The van der Waals surface area contributed by atoms with Crippen molar-refractivity contribution in [3.63, 3.8) is 0 Å². The molecule has 8 rings (SSSR count). The summed E-state index contributed by atoms with van der Waals surface area (Å²) in [6.07, 6.45) is 1.35. The summed E-state index contributed by atoms with van der Waals surface area (Å²) in [6.45, 7) is 8.37. The van der Waals surface area contributed by atoms with Crippen molar-refractivity contribution in [3.8, 4) is 66.8 Å². The minimum absolute atomic E-state index is 0.623. The number of rotatable bonds is 15. The normalized spacial score (nSPS) is 11.6. The van der Waals surface area contributed by atoms with Crippen LogP contribution in [0.2, 0.25) is 0 Å². The van der Waals surface area contributed by atoms with Gasteiger partial charge in [0.05, 0.1) is 11.2 Å². The first-order valence-corrected chi connectivity index (χ1v) is 20.7. The molecule has 60 heavy (non-hydrogen) atoms. The van der Waals surface area contributed by atoms with Gasteiger partial charge in [-0.15, -0.1) is 11.0 Å². The van der Waals surface area contributed by atoms with Gasteiger partial charge in [0.1, 0.15) is 11.4 Å². The monoisotopic (exact) mass is 782 g/mol. The van der Waals surface area contributed by atoms with Gasteiger partial charge >= 0.3 is 0 Å². The zero-order valence-corrected chi connectivity index (χ0v) is 34.8. The lowest BCUT2D eigenvalue weighted by Gasteiger charge is -2.30. The maximum absolute atomic E-state index is 6.59. The molecule has 0 atom stereocenters. The van der Waals surface area contributed by atoms with Crippen molar-refractivity contribution in [2.45, 2.75) is 51.7 Å². The Morgan fingerprint density at radius 3 is 0.750 bits per heavy atom. The van der Waals surface area contributed by atoms with Gasteiger partial charge in [-0.2, -0.15) is 0 Å². The first-order valence-electron chi connectivity index (χ1n) is 20.7. The molecule has 4 nitrogen and oxygen atoms in total. The second-order valence-corrected chi connectivity index (χ2v) is 16.4. The molecule has 0 aliphatic rings. The molecule has 0 aliphatic heterocycles. The smallest absolute Gasteiger partial charge is 0.106 e. The third-order valence-electron chi connectivity index (χ3n) is 10.9. The average Bonchev–Trinajstić information content (AvgIpc) is 3.31. The van der Waals surface area contributed by atoms with Gasteiger partial charge in [0.2, 0.25) is 0 Å². The zero-order valence-electron chi connectivity index (χ0n) is 34.8. The molecule has 0 bridgehead atoms. The van der Waals surface area contributed by atoms with E-state index in [1.54, 1.807) is 0 Å². The molecule has 296 valence electrons. The van der Waals surface area contributed by atoms with Crippen molar-refractivity contribution >= 4 is 11.4 Å². The van der Waals surface area contributed by atoms with E-state index in [0.29, 0.717) is 12.8 Å². The Balaban J connectivity index is 1.06. The SMILES string of the molecule is CC(C)(CCC(C)(C)O[N]c1c(-c2ccccc2)cc(-c2ccccc2)cc1-c1ccccc1)O[N]c1c(-c2ccccc2)cc(-c2ccccc2)cc1-c1ccccc1. The summed E-state index contributed by atoms with van der Waals surface area (Å²) in [5.41, 5.74) is 23.3. The van der Waals surface area contributed by atoms with Crippen LogP contribution in [0.15, 0.2) is 206 Å². The molecule has 0 unspecified atom stereocenters. The van der Waals surface area contributed by atoms with Crippen LogP contribution in [0.25, 0.3) is 66.8 Å². The molecule has 0 saturated heterocycles. The Kier molecular flexibility index (Phi) is 12.1. The molecule has 8 aromatic rings. The Bertz CT molecular complexity index is 2300. The van der Waals surface area contributed by atoms with E-state index in [-0.39, 0.29) is 0 Å². The minimum atomic E-state index is -0.623. The molecule has 0 aliphatic carbocycles. The molecule has 4 heteroatoms. The van der Waals surface area contributed by atoms with Gasteiger partial charge in [-0.3, -0.25) is 0 Å². The molecule has 0 fully saturated rings. The summed E-state index contributed by atoms with van der Waals surface area (Å²) in [5, 5.41) is 0. The Morgan fingerprint density at radius 1 is 0.300 bits per heavy atom. The molecule has 8 aromatic carbocycles. The van der Waals surface area contributed by atoms with E-state index in [0.717, 1.165) is 78.1 Å². The highest BCUT2D eigenvalue weighted by molar-refractivity contribution is 5.93. The van der Waals surface area contributed by atoms with Crippen molar-refractivity contribution in [2.24, 2.45) is 0 Å². The van der Waals surface area contributed by atoms with Gasteiger partial charge in [0, 0.05) is 22.3 Å². The third-order valence-corrected chi connectivity index (χ3v) is 10.9. The lowest BCUT2D eigenvalue weighted by molar-refractivity contribution is -0.108. The second kappa shape index (κ2) is 18.0. The summed E-state index contributed by atoms with van der Waals surface area (Å²) in [6, 6.07) is 71.7. The standard InChI is InChI=1S/C56H50N2O2/c1-55(2,59-57-53-49(43-27-15-7-16-28-43)37-47(41-23-11-5-12-24-41)38-50(53)44-29-17-8-18-30-44)35-36-56(3,4)60-58-54-51(45-31-19-9-20-32-45)39-48(42-25-13-6-14-26-42)40-52(54)46-33-21-10-22-34-46/h5-34,37-40H,35-36H2,1-4H3. The fourth-order valence-corrected chi connectivity index (χ4v) is 7.44. The van der Waals surface area contributed by atoms with Crippen LogP contribution in [0.1, 0.15) is 40.5 Å². The van der Waals surface area contributed by atoms with E-state index < -0.39 is 11.2 Å². The van der Waals surface area contributed by atoms with E-state index in [1.165, 1.54) is 0 Å². The Hall–Kier alpha value is -6.72. The van der Waals surface area contributed by atoms with E-state index in [9.17, 15) is 0 Å². The van der Waals surface area contributed by atoms with Gasteiger partial charge in [0.25, 0.3) is 0 Å². The number of hydrogen-bond donors (Lipinski definition) is 0. The lowest BCUT2D eigenvalue weighted by atomic mass is 9.91. The third kappa shape index (κ3) is 9.59. The topological polar surface area (TPSA) is 46.7 Å². The molecular formula is C56H50N2O2. The second-order valence-electron chi connectivity index (χ2n) is 16.4. The van der Waals surface area contributed by atoms with Crippen LogP contribution in [0.3, 0.4) is 0 Å². The Morgan fingerprint density at radius 2 is 0.517 bits per heavy atom. The van der Waals surface area contributed by atoms with E-state index in [4.69, 9.17) is 20.6 Å². The van der Waals surface area contributed by atoms with Crippen molar-refractivity contribution in [1.29, 1.82) is 0 Å². The summed E-state index contributed by atoms with van der Waals surface area (Å²) < 4.78 is 0. The van der Waals surface area contributed by atoms with Crippen molar-refractivity contribution in [1.82, 2.24) is 11.0 Å². The van der Waals surface area contributed by atoms with Crippen LogP contribution in [0.4, 0.5) is 11.4 Å². The van der Waals surface area contributed by atoms with E-state index >= 15 is 0 Å². The van der Waals surface area contributed by atoms with Crippen LogP contribution in [0.5, 0.6) is 0 Å². The summed E-state index contributed by atoms with van der Waals surface area (Å²) >= 11 is 0. The molecule has 2 radical (unpaired) electrons. The predicted octanol–water partition coefficient (Wildman–Crippen LogP) is 15.1. The van der Waals surface area contributed by atoms with Crippen LogP contribution in [0, 0.1) is 0 Å². The molecule has 0 aromatic heterocycles. The van der Waals surface area contributed by atoms with E-state index in [2.05, 4.69) is 198 Å². The first-order chi connectivity index (χ1) is 29.2. The van der Waals surface area contributed by atoms with Crippen LogP contribution >= 0.6 is 0 Å². The fourth-order valence-electron chi connectivity index (χ4n) is 7.44. The van der Waals surface area contributed by atoms with Gasteiger partial charge in [-0.05, 0) is 109 Å². The van der Waals surface area contributed by atoms with E-state index in [1.807, 2.05) is 36.4 Å². The summed E-state index contributed by atoms with van der Waals surface area (Å²) in [5.74, 6) is 0. The maximum atomic E-state index is 6.59. The van der Waals surface area contributed by atoms with Gasteiger partial charge in [-0.1, -0.05) is 182 Å². The average molecular weight is 783 g/mol. The van der Waals surface area contributed by atoms with Crippen molar-refractivity contribution in [2.75, 3.05) is 0 Å². The highest BCUT2D eigenvalue weighted by atomic mass is 16.7. The maximum Gasteiger partial charge on any atom is 0.106 e. The molecule has 0 amide bonds. The van der Waals surface area contributed by atoms with Crippen molar-refractivity contribution in [3.05, 3.63) is 206 Å². The number of benzene rings is 8. The zero-order chi connectivity index (χ0) is 41.4. The first kappa shape index (κ1) is 40.1. The minimum Gasteiger partial charge on any atom is -0.246 e. The van der Waals surface area contributed by atoms with Crippen molar-refractivity contribution < 1.29 is 9.68 Å². The lowest BCUT2D eigenvalue weighted by Crippen LogP contribution is -2.34. The molecule has 0 saturated carbocycles. The Labute approximate surface area is 355 Å². The van der Waals surface area contributed by atoms with Crippen LogP contribution < -0.4 is 11.0 Å². The van der Waals surface area contributed by atoms with Crippen LogP contribution in [-0.4, -0.2) is 11.2 Å². The summed E-state index contributed by atoms with van der Waals surface area (Å²) in [4.78, 5) is 13.2. The number of nitrogens with zero attached hydrogens (tertiary/aromatic N) is 2. The summed E-state index contributed by atoms with van der Waals surface area (Å²) in [7, 11) is 0. The molecule has 0 heterocycles. The molecule has 0 N–H and O–H groups in total. The van der Waals surface area contributed by atoms with Gasteiger partial charge in [-0.25, -0.2) is 9.68 Å². The molecular weight excluding hydrogens is 733 g/mol. The van der Waals surface area contributed by atoms with Gasteiger partial charge in [0.15, 0.2) is 0 Å². The highest BCUT2D eigenvalue weighted by Gasteiger charge is 2.30. The van der Waals surface area contributed by atoms with Gasteiger partial charge < -0.3 is 0 Å². The highest BCUT2D eigenvalue weighted by Crippen LogP contribution is 2.44. The fraction of sp³-hybridized carbons (Fsp3) is 0.143.